The van der Waals surface area contributed by atoms with Crippen molar-refractivity contribution in [3.8, 4) is 5.69 Å². The molecule has 0 atom stereocenters. The number of nitrogens with zero attached hydrogens (tertiary/aromatic N) is 8. The minimum atomic E-state index is -3.60. The number of hydrogen-bond donors (Lipinski definition) is 0. The smallest absolute Gasteiger partial charge is 0.244 e. The largest absolute Gasteiger partial charge is 0.352 e. The molecule has 1 aliphatic rings. The Balaban J connectivity index is 1.41. The lowest BCUT2D eigenvalue weighted by atomic mass is 10.3. The van der Waals surface area contributed by atoms with Crippen molar-refractivity contribution in [3.63, 3.8) is 0 Å². The zero-order valence-corrected chi connectivity index (χ0v) is 17.0. The zero-order chi connectivity index (χ0) is 21.4. The molecule has 0 radical (unpaired) electrons. The van der Waals surface area contributed by atoms with Crippen molar-refractivity contribution in [2.45, 2.75) is 4.90 Å². The molecule has 1 saturated heterocycles. The fourth-order valence-electron chi connectivity index (χ4n) is 3.54. The van der Waals surface area contributed by atoms with Gasteiger partial charge in [0.05, 0.1) is 5.69 Å². The third kappa shape index (κ3) is 3.49. The van der Waals surface area contributed by atoms with Crippen LogP contribution < -0.4 is 4.90 Å². The second-order valence-corrected chi connectivity index (χ2v) is 8.87. The van der Waals surface area contributed by atoms with E-state index in [0.717, 1.165) is 0 Å². The maximum atomic E-state index is 13.6. The molecule has 0 N–H and O–H groups in total. The van der Waals surface area contributed by atoms with E-state index in [2.05, 4.69) is 25.3 Å². The van der Waals surface area contributed by atoms with Crippen LogP contribution in [-0.4, -0.2) is 68.8 Å². The summed E-state index contributed by atoms with van der Waals surface area (Å²) in [6.45, 7) is 1.44. The average molecular weight is 440 g/mol. The molecule has 12 heteroatoms. The van der Waals surface area contributed by atoms with Gasteiger partial charge in [0, 0.05) is 38.6 Å². The second-order valence-electron chi connectivity index (χ2n) is 6.93. The van der Waals surface area contributed by atoms with Crippen LogP contribution in [0, 0.1) is 5.82 Å². The maximum absolute atomic E-state index is 13.6. The Morgan fingerprint density at radius 2 is 1.84 bits per heavy atom. The molecule has 10 nitrogen and oxygen atoms in total. The van der Waals surface area contributed by atoms with Crippen LogP contribution in [-0.2, 0) is 10.0 Å². The molecule has 3 aromatic heterocycles. The summed E-state index contributed by atoms with van der Waals surface area (Å²) in [6.07, 6.45) is 4.28. The number of aromatic nitrogens is 6. The molecule has 1 aromatic carbocycles. The first-order chi connectivity index (χ1) is 15.0. The number of anilines is 1. The summed E-state index contributed by atoms with van der Waals surface area (Å²) < 4.78 is 42.1. The molecule has 5 rings (SSSR count). The van der Waals surface area contributed by atoms with Gasteiger partial charge in [0.25, 0.3) is 0 Å². The van der Waals surface area contributed by atoms with Crippen LogP contribution in [0.3, 0.4) is 0 Å². The van der Waals surface area contributed by atoms with E-state index >= 15 is 0 Å². The van der Waals surface area contributed by atoms with E-state index in [9.17, 15) is 12.8 Å². The highest BCUT2D eigenvalue weighted by atomic mass is 32.2. The van der Waals surface area contributed by atoms with Gasteiger partial charge in [0.2, 0.25) is 10.0 Å². The van der Waals surface area contributed by atoms with Crippen molar-refractivity contribution in [1.29, 1.82) is 0 Å². The van der Waals surface area contributed by atoms with Crippen LogP contribution in [0.4, 0.5) is 10.2 Å². The fourth-order valence-corrected chi connectivity index (χ4v) is 4.93. The molecule has 0 spiro atoms. The van der Waals surface area contributed by atoms with E-state index in [1.807, 2.05) is 4.90 Å². The van der Waals surface area contributed by atoms with E-state index in [-0.39, 0.29) is 10.7 Å². The Bertz CT molecular complexity index is 1340. The van der Waals surface area contributed by atoms with Gasteiger partial charge in [-0.25, -0.2) is 22.8 Å². The van der Waals surface area contributed by atoms with E-state index in [1.54, 1.807) is 18.2 Å². The van der Waals surface area contributed by atoms with Gasteiger partial charge in [-0.1, -0.05) is 11.3 Å². The van der Waals surface area contributed by atoms with Gasteiger partial charge >= 0.3 is 0 Å². The SMILES string of the molecule is O=S(=O)(c1cccnc1)N1CCN(c2ncnc3c2nnn3-c2cccc(F)c2)CC1. The lowest BCUT2D eigenvalue weighted by Crippen LogP contribution is -2.49. The standard InChI is InChI=1S/C19H17FN8O2S/c20-14-3-1-4-15(11-14)28-19-17(24-25-28)18(22-13-23-19)26-7-9-27(10-8-26)31(29,30)16-5-2-6-21-12-16/h1-6,11-13H,7-10H2. The van der Waals surface area contributed by atoms with Crippen molar-refractivity contribution < 1.29 is 12.8 Å². The molecule has 1 aliphatic heterocycles. The van der Waals surface area contributed by atoms with Crippen molar-refractivity contribution in [1.82, 2.24) is 34.3 Å². The first-order valence-corrected chi connectivity index (χ1v) is 11.0. The van der Waals surface area contributed by atoms with Crippen LogP contribution in [0.5, 0.6) is 0 Å². The van der Waals surface area contributed by atoms with Crippen LogP contribution in [0.25, 0.3) is 16.9 Å². The highest BCUT2D eigenvalue weighted by Gasteiger charge is 2.30. The molecule has 0 bridgehead atoms. The Hall–Kier alpha value is -3.51. The first kappa shape index (κ1) is 19.5. The normalized spacial score (nSPS) is 15.5. The number of pyridine rings is 1. The van der Waals surface area contributed by atoms with Gasteiger partial charge in [-0.15, -0.1) is 5.10 Å². The summed E-state index contributed by atoms with van der Waals surface area (Å²) >= 11 is 0. The van der Waals surface area contributed by atoms with Crippen LogP contribution >= 0.6 is 0 Å². The Morgan fingerprint density at radius 1 is 1.00 bits per heavy atom. The van der Waals surface area contributed by atoms with Crippen LogP contribution in [0.15, 0.2) is 60.0 Å². The van der Waals surface area contributed by atoms with Crippen molar-refractivity contribution in [2.24, 2.45) is 0 Å². The molecule has 0 aliphatic carbocycles. The molecule has 31 heavy (non-hydrogen) atoms. The predicted molar refractivity (Wildman–Crippen MR) is 110 cm³/mol. The Labute approximate surface area is 177 Å². The molecular weight excluding hydrogens is 423 g/mol. The molecule has 158 valence electrons. The summed E-state index contributed by atoms with van der Waals surface area (Å²) in [5.41, 5.74) is 1.41. The topological polar surface area (TPSA) is 110 Å². The molecule has 1 fully saturated rings. The maximum Gasteiger partial charge on any atom is 0.244 e. The van der Waals surface area contributed by atoms with Crippen molar-refractivity contribution >= 4 is 27.0 Å². The van der Waals surface area contributed by atoms with Crippen LogP contribution in [0.2, 0.25) is 0 Å². The van der Waals surface area contributed by atoms with Gasteiger partial charge in [-0.3, -0.25) is 4.98 Å². The van der Waals surface area contributed by atoms with Gasteiger partial charge in [0.1, 0.15) is 17.0 Å². The fraction of sp³-hybridized carbons (Fsp3) is 0.211. The van der Waals surface area contributed by atoms with Gasteiger partial charge < -0.3 is 4.90 Å². The Morgan fingerprint density at radius 3 is 2.58 bits per heavy atom. The molecule has 4 aromatic rings. The zero-order valence-electron chi connectivity index (χ0n) is 16.2. The number of halogens is 1. The number of fused-ring (bicyclic) bond motifs is 1. The summed E-state index contributed by atoms with van der Waals surface area (Å²) in [5.74, 6) is 0.174. The number of rotatable bonds is 4. The minimum Gasteiger partial charge on any atom is -0.352 e. The van der Waals surface area contributed by atoms with Crippen LogP contribution in [0.1, 0.15) is 0 Å². The average Bonchev–Trinajstić information content (AvgIpc) is 3.24. The van der Waals surface area contributed by atoms with Gasteiger partial charge in [-0.05, 0) is 30.3 Å². The Kier molecular flexibility index (Phi) is 4.79. The highest BCUT2D eigenvalue weighted by molar-refractivity contribution is 7.89. The molecule has 0 amide bonds. The molecule has 0 saturated carbocycles. The first-order valence-electron chi connectivity index (χ1n) is 9.51. The minimum absolute atomic E-state index is 0.172. The third-order valence-electron chi connectivity index (χ3n) is 5.08. The summed E-state index contributed by atoms with van der Waals surface area (Å²) in [4.78, 5) is 14.6. The summed E-state index contributed by atoms with van der Waals surface area (Å²) in [6, 6.07) is 9.12. The van der Waals surface area contributed by atoms with E-state index in [1.165, 1.54) is 45.9 Å². The van der Waals surface area contributed by atoms with Crippen molar-refractivity contribution in [3.05, 3.63) is 60.9 Å². The molecule has 4 heterocycles. The van der Waals surface area contributed by atoms with E-state index < -0.39 is 10.0 Å². The third-order valence-corrected chi connectivity index (χ3v) is 6.96. The highest BCUT2D eigenvalue weighted by Crippen LogP contribution is 2.25. The molecular formula is C19H17FN8O2S. The summed E-state index contributed by atoms with van der Waals surface area (Å²) in [5, 5.41) is 8.31. The quantitative estimate of drug-likeness (QED) is 0.466. The number of sulfonamides is 1. The van der Waals surface area contributed by atoms with Gasteiger partial charge in [-0.2, -0.15) is 8.99 Å². The summed E-state index contributed by atoms with van der Waals surface area (Å²) in [7, 11) is -3.60. The monoisotopic (exact) mass is 440 g/mol. The lowest BCUT2D eigenvalue weighted by Gasteiger charge is -2.34. The number of benzene rings is 1. The second kappa shape index (κ2) is 7.63. The number of hydrogen-bond acceptors (Lipinski definition) is 8. The number of piperazine rings is 1. The van der Waals surface area contributed by atoms with E-state index in [4.69, 9.17) is 0 Å². The van der Waals surface area contributed by atoms with Crippen molar-refractivity contribution in [2.75, 3.05) is 31.1 Å². The lowest BCUT2D eigenvalue weighted by molar-refractivity contribution is 0.384. The van der Waals surface area contributed by atoms with E-state index in [0.29, 0.717) is 48.8 Å². The predicted octanol–water partition coefficient (Wildman–Crippen LogP) is 1.26. The van der Waals surface area contributed by atoms with Gasteiger partial charge in [0.15, 0.2) is 17.0 Å². The molecule has 0 unspecified atom stereocenters.